The Morgan fingerprint density at radius 3 is 1.64 bits per heavy atom. The normalized spacial score (nSPS) is 14.0. The molecule has 68 valence electrons. The van der Waals surface area contributed by atoms with Gasteiger partial charge >= 0.3 is 0 Å². The van der Waals surface area contributed by atoms with Gasteiger partial charge in [0.1, 0.15) is 0 Å². The molecular weight excluding hydrogens is 174 g/mol. The molecule has 0 heterocycles. The van der Waals surface area contributed by atoms with Crippen LogP contribution in [0, 0.1) is 0 Å². The van der Waals surface area contributed by atoms with Crippen LogP contribution in [0.2, 0.25) is 19.6 Å². The monoisotopic (exact) mass is 193 g/mol. The molecule has 11 heavy (non-hydrogen) atoms. The van der Waals surface area contributed by atoms with Crippen molar-refractivity contribution >= 4 is 20.5 Å². The van der Waals surface area contributed by atoms with Gasteiger partial charge in [-0.2, -0.15) is 0 Å². The summed E-state index contributed by atoms with van der Waals surface area (Å²) in [6.07, 6.45) is 2.06. The van der Waals surface area contributed by atoms with Crippen molar-refractivity contribution < 1.29 is 0 Å². The molecule has 0 aliphatic rings. The molecule has 0 fully saturated rings. The fourth-order valence-electron chi connectivity index (χ4n) is 1.34. The van der Waals surface area contributed by atoms with Crippen LogP contribution in [0.4, 0.5) is 0 Å². The third-order valence-electron chi connectivity index (χ3n) is 1.67. The highest BCUT2D eigenvalue weighted by molar-refractivity contribution is 6.78. The van der Waals surface area contributed by atoms with Gasteiger partial charge in [-0.25, -0.2) is 0 Å². The highest BCUT2D eigenvalue weighted by Crippen LogP contribution is 2.12. The summed E-state index contributed by atoms with van der Waals surface area (Å²) in [6.45, 7) is 10.9. The number of rotatable bonds is 3. The van der Waals surface area contributed by atoms with Crippen LogP contribution in [-0.2, 0) is 0 Å². The van der Waals surface area contributed by atoms with Crippen molar-refractivity contribution in [3.8, 4) is 0 Å². The summed E-state index contributed by atoms with van der Waals surface area (Å²) < 4.78 is 0. The van der Waals surface area contributed by atoms with Crippen LogP contribution < -0.4 is 0 Å². The molecule has 0 saturated heterocycles. The second-order valence-electron chi connectivity index (χ2n) is 4.01. The van der Waals surface area contributed by atoms with Crippen molar-refractivity contribution in [1.29, 1.82) is 0 Å². The van der Waals surface area contributed by atoms with Crippen LogP contribution in [0.15, 0.2) is 12.7 Å². The topological polar surface area (TPSA) is 3.24 Å². The van der Waals surface area contributed by atoms with Gasteiger partial charge in [0.2, 0.25) is 0 Å². The minimum absolute atomic E-state index is 0. The molecule has 0 aromatic heterocycles. The molecule has 0 amide bonds. The lowest BCUT2D eigenvalue weighted by molar-refractivity contribution is 0.410. The standard InChI is InChI=1S/C8H19NSi.ClH/c1-7-8(9(2)3)10(4,5)6;/h7-8H,1H2,2-6H3;1H. The molecule has 0 bridgehead atoms. The Bertz CT molecular complexity index is 118. The lowest BCUT2D eigenvalue weighted by atomic mass is 10.6. The molecule has 1 nitrogen and oxygen atoms in total. The molecule has 0 spiro atoms. The van der Waals surface area contributed by atoms with Crippen LogP contribution in [0.5, 0.6) is 0 Å². The van der Waals surface area contributed by atoms with Gasteiger partial charge in [-0.1, -0.05) is 25.7 Å². The predicted molar refractivity (Wildman–Crippen MR) is 58.3 cm³/mol. The molecule has 1 atom stereocenters. The summed E-state index contributed by atoms with van der Waals surface area (Å²) in [7, 11) is 3.19. The van der Waals surface area contributed by atoms with Crippen molar-refractivity contribution in [1.82, 2.24) is 4.90 Å². The third kappa shape index (κ3) is 4.61. The minimum atomic E-state index is -1.04. The molecule has 3 heteroatoms. The minimum Gasteiger partial charge on any atom is -0.306 e. The third-order valence-corrected chi connectivity index (χ3v) is 4.19. The van der Waals surface area contributed by atoms with Crippen LogP contribution in [0.1, 0.15) is 0 Å². The second kappa shape index (κ2) is 4.96. The highest BCUT2D eigenvalue weighted by Gasteiger charge is 2.25. The van der Waals surface area contributed by atoms with Gasteiger partial charge in [-0.3, -0.25) is 0 Å². The summed E-state index contributed by atoms with van der Waals surface area (Å²) in [4.78, 5) is 2.25. The molecule has 0 saturated carbocycles. The molecule has 0 rings (SSSR count). The Balaban J connectivity index is 0. The SMILES string of the molecule is C=CC(N(C)C)[Si](C)(C)C.Cl. The molecule has 0 aliphatic heterocycles. The van der Waals surface area contributed by atoms with Gasteiger partial charge in [0.05, 0.1) is 8.07 Å². The van der Waals surface area contributed by atoms with Gasteiger partial charge in [-0.05, 0) is 14.1 Å². The van der Waals surface area contributed by atoms with Gasteiger partial charge < -0.3 is 4.90 Å². The lowest BCUT2D eigenvalue weighted by Gasteiger charge is -2.31. The van der Waals surface area contributed by atoms with E-state index in [2.05, 4.69) is 51.3 Å². The smallest absolute Gasteiger partial charge is 0.0686 e. The van der Waals surface area contributed by atoms with E-state index in [1.165, 1.54) is 0 Å². The molecule has 0 aliphatic carbocycles. The van der Waals surface area contributed by atoms with E-state index in [0.717, 1.165) is 0 Å². The van der Waals surface area contributed by atoms with Crippen LogP contribution >= 0.6 is 12.4 Å². The quantitative estimate of drug-likeness (QED) is 0.492. The Labute approximate surface area is 77.9 Å². The summed E-state index contributed by atoms with van der Waals surface area (Å²) in [5.74, 6) is 0. The Morgan fingerprint density at radius 2 is 1.64 bits per heavy atom. The second-order valence-corrected chi connectivity index (χ2v) is 9.33. The maximum atomic E-state index is 3.84. The van der Waals surface area contributed by atoms with Gasteiger partial charge in [0, 0.05) is 5.67 Å². The predicted octanol–water partition coefficient (Wildman–Crippen LogP) is 2.40. The van der Waals surface area contributed by atoms with Gasteiger partial charge in [0.25, 0.3) is 0 Å². The molecule has 0 aromatic carbocycles. The van der Waals surface area contributed by atoms with Crippen molar-refractivity contribution in [2.24, 2.45) is 0 Å². The molecule has 0 radical (unpaired) electrons. The highest BCUT2D eigenvalue weighted by atomic mass is 35.5. The van der Waals surface area contributed by atoms with Crippen molar-refractivity contribution in [3.05, 3.63) is 12.7 Å². The van der Waals surface area contributed by atoms with Crippen molar-refractivity contribution in [3.63, 3.8) is 0 Å². The van der Waals surface area contributed by atoms with Crippen LogP contribution in [-0.4, -0.2) is 32.7 Å². The van der Waals surface area contributed by atoms with E-state index in [1.54, 1.807) is 0 Å². The van der Waals surface area contributed by atoms with Crippen molar-refractivity contribution in [2.45, 2.75) is 25.3 Å². The van der Waals surface area contributed by atoms with E-state index < -0.39 is 8.07 Å². The molecule has 0 N–H and O–H groups in total. The summed E-state index contributed by atoms with van der Waals surface area (Å²) in [6, 6.07) is 0. The number of halogens is 1. The fourth-order valence-corrected chi connectivity index (χ4v) is 3.60. The molecule has 1 unspecified atom stereocenters. The first-order chi connectivity index (χ1) is 4.39. The summed E-state index contributed by atoms with van der Waals surface area (Å²) in [5.41, 5.74) is 0.604. The first-order valence-corrected chi connectivity index (χ1v) is 7.26. The maximum absolute atomic E-state index is 3.84. The van der Waals surface area contributed by atoms with E-state index in [0.29, 0.717) is 5.67 Å². The lowest BCUT2D eigenvalue weighted by Crippen LogP contribution is -2.46. The van der Waals surface area contributed by atoms with E-state index in [9.17, 15) is 0 Å². The zero-order valence-corrected chi connectivity index (χ0v) is 10.0. The van der Waals surface area contributed by atoms with Gasteiger partial charge in [-0.15, -0.1) is 19.0 Å². The number of likely N-dealkylation sites (N-methyl/N-ethyl adjacent to an activating group) is 1. The van der Waals surface area contributed by atoms with Crippen LogP contribution in [0.3, 0.4) is 0 Å². The zero-order chi connectivity index (χ0) is 8.36. The maximum Gasteiger partial charge on any atom is 0.0686 e. The van der Waals surface area contributed by atoms with E-state index in [1.807, 2.05) is 0 Å². The Hall–Kier alpha value is 0.207. The van der Waals surface area contributed by atoms with Gasteiger partial charge in [0.15, 0.2) is 0 Å². The Kier molecular flexibility index (Phi) is 6.21. The van der Waals surface area contributed by atoms with E-state index in [4.69, 9.17) is 0 Å². The summed E-state index contributed by atoms with van der Waals surface area (Å²) >= 11 is 0. The first kappa shape index (κ1) is 13.8. The molecule has 0 aromatic rings. The average Bonchev–Trinajstić information content (AvgIpc) is 1.60. The first-order valence-electron chi connectivity index (χ1n) is 3.68. The van der Waals surface area contributed by atoms with E-state index in [-0.39, 0.29) is 12.4 Å². The summed E-state index contributed by atoms with van der Waals surface area (Å²) in [5, 5.41) is 0. The largest absolute Gasteiger partial charge is 0.306 e. The number of nitrogens with zero attached hydrogens (tertiary/aromatic N) is 1. The Morgan fingerprint density at radius 1 is 1.27 bits per heavy atom. The zero-order valence-electron chi connectivity index (χ0n) is 8.22. The van der Waals surface area contributed by atoms with Crippen molar-refractivity contribution in [2.75, 3.05) is 14.1 Å². The number of hydrogen-bond acceptors (Lipinski definition) is 1. The fraction of sp³-hybridized carbons (Fsp3) is 0.750. The average molecular weight is 194 g/mol. The van der Waals surface area contributed by atoms with Crippen LogP contribution in [0.25, 0.3) is 0 Å². The molecular formula is C8H20ClNSi. The van der Waals surface area contributed by atoms with E-state index >= 15 is 0 Å². The number of hydrogen-bond donors (Lipinski definition) is 0.